The first kappa shape index (κ1) is 18.9. The molecule has 0 amide bonds. The Kier molecular flexibility index (Phi) is 6.22. The largest absolute Gasteiger partial charge is 0.459 e. The Morgan fingerprint density at radius 3 is 1.82 bits per heavy atom. The van der Waals surface area contributed by atoms with Crippen LogP contribution in [0.3, 0.4) is 0 Å². The van der Waals surface area contributed by atoms with E-state index in [2.05, 4.69) is 16.6 Å². The monoisotopic (exact) mass is 370 g/mol. The highest BCUT2D eigenvalue weighted by Gasteiger charge is 2.19. The van der Waals surface area contributed by atoms with Gasteiger partial charge < -0.3 is 9.47 Å². The van der Waals surface area contributed by atoms with E-state index in [1.54, 1.807) is 24.3 Å². The molecule has 0 radical (unpaired) electrons. The second-order valence-electron chi connectivity index (χ2n) is 5.93. The smallest absolute Gasteiger partial charge is 0.384 e. The minimum atomic E-state index is -0.614. The standard InChI is InChI=1S/C24H18O4/c1-27-22(25)17-14-18-12-15-21(16-13-18)24(26)28-23(19-8-4-2-5-9-19)20-10-6-3-7-11-20/h2-13,15-16,23H,1H3. The Morgan fingerprint density at radius 2 is 1.32 bits per heavy atom. The maximum atomic E-state index is 12.7. The molecule has 0 fully saturated rings. The van der Waals surface area contributed by atoms with Crippen LogP contribution >= 0.6 is 0 Å². The van der Waals surface area contributed by atoms with Gasteiger partial charge in [-0.15, -0.1) is 0 Å². The van der Waals surface area contributed by atoms with E-state index in [1.807, 2.05) is 60.7 Å². The van der Waals surface area contributed by atoms with E-state index >= 15 is 0 Å². The molecule has 3 aromatic rings. The van der Waals surface area contributed by atoms with E-state index in [0.29, 0.717) is 11.1 Å². The van der Waals surface area contributed by atoms with Gasteiger partial charge in [0.2, 0.25) is 0 Å². The summed E-state index contributed by atoms with van der Waals surface area (Å²) in [5.41, 5.74) is 2.79. The number of esters is 2. The van der Waals surface area contributed by atoms with Crippen LogP contribution in [0.15, 0.2) is 84.9 Å². The first-order chi connectivity index (χ1) is 13.7. The molecule has 3 rings (SSSR count). The van der Waals surface area contributed by atoms with Crippen molar-refractivity contribution in [3.63, 3.8) is 0 Å². The van der Waals surface area contributed by atoms with Crippen LogP contribution in [0.25, 0.3) is 0 Å². The van der Waals surface area contributed by atoms with Crippen LogP contribution < -0.4 is 0 Å². The SMILES string of the molecule is COC(=O)C#Cc1ccc(C(=O)OC(c2ccccc2)c2ccccc2)cc1. The van der Waals surface area contributed by atoms with Crippen molar-refractivity contribution in [2.45, 2.75) is 6.10 Å². The molecule has 0 aliphatic carbocycles. The van der Waals surface area contributed by atoms with Crippen LogP contribution in [0.2, 0.25) is 0 Å². The molecule has 4 nitrogen and oxygen atoms in total. The van der Waals surface area contributed by atoms with E-state index in [-0.39, 0.29) is 0 Å². The summed E-state index contributed by atoms with van der Waals surface area (Å²) in [5, 5.41) is 0. The van der Waals surface area contributed by atoms with Gasteiger partial charge in [-0.3, -0.25) is 0 Å². The first-order valence-corrected chi connectivity index (χ1v) is 8.68. The first-order valence-electron chi connectivity index (χ1n) is 8.68. The van der Waals surface area contributed by atoms with Crippen LogP contribution in [0.5, 0.6) is 0 Å². The highest BCUT2D eigenvalue weighted by molar-refractivity contribution is 5.90. The second-order valence-corrected chi connectivity index (χ2v) is 5.93. The molecular formula is C24H18O4. The predicted molar refractivity (Wildman–Crippen MR) is 105 cm³/mol. The third-order valence-electron chi connectivity index (χ3n) is 4.04. The molecular weight excluding hydrogens is 352 g/mol. The number of benzene rings is 3. The third-order valence-corrected chi connectivity index (χ3v) is 4.04. The normalized spacial score (nSPS) is 9.93. The lowest BCUT2D eigenvalue weighted by Gasteiger charge is -2.19. The zero-order chi connectivity index (χ0) is 19.8. The summed E-state index contributed by atoms with van der Waals surface area (Å²) < 4.78 is 10.3. The zero-order valence-electron chi connectivity index (χ0n) is 15.3. The molecule has 3 aromatic carbocycles. The Hall–Kier alpha value is -3.84. The molecule has 0 atom stereocenters. The summed E-state index contributed by atoms with van der Waals surface area (Å²) in [6, 6.07) is 25.7. The highest BCUT2D eigenvalue weighted by atomic mass is 16.5. The summed E-state index contributed by atoms with van der Waals surface area (Å²) in [4.78, 5) is 23.8. The van der Waals surface area contributed by atoms with Gasteiger partial charge in [-0.2, -0.15) is 0 Å². The number of methoxy groups -OCH3 is 1. The second kappa shape index (κ2) is 9.20. The van der Waals surface area contributed by atoms with E-state index in [4.69, 9.17) is 4.74 Å². The maximum absolute atomic E-state index is 12.7. The fraction of sp³-hybridized carbons (Fsp3) is 0.0833. The number of hydrogen-bond acceptors (Lipinski definition) is 4. The number of carbonyl (C=O) groups is 2. The molecule has 28 heavy (non-hydrogen) atoms. The maximum Gasteiger partial charge on any atom is 0.384 e. The highest BCUT2D eigenvalue weighted by Crippen LogP contribution is 2.27. The molecule has 0 aromatic heterocycles. The lowest BCUT2D eigenvalue weighted by atomic mass is 10.0. The number of carbonyl (C=O) groups excluding carboxylic acids is 2. The van der Waals surface area contributed by atoms with Gasteiger partial charge in [-0.05, 0) is 35.4 Å². The lowest BCUT2D eigenvalue weighted by Crippen LogP contribution is -2.13. The van der Waals surface area contributed by atoms with Crippen LogP contribution in [-0.2, 0) is 14.3 Å². The van der Waals surface area contributed by atoms with Crippen molar-refractivity contribution in [3.8, 4) is 11.8 Å². The number of hydrogen-bond donors (Lipinski definition) is 0. The van der Waals surface area contributed by atoms with Gasteiger partial charge >= 0.3 is 11.9 Å². The van der Waals surface area contributed by atoms with E-state index in [9.17, 15) is 9.59 Å². The summed E-state index contributed by atoms with van der Waals surface area (Å²) >= 11 is 0. The fourth-order valence-electron chi connectivity index (χ4n) is 2.62. The average molecular weight is 370 g/mol. The Labute approximate surface area is 163 Å². The van der Waals surface area contributed by atoms with Gasteiger partial charge in [0.1, 0.15) is 0 Å². The molecule has 0 saturated carbocycles. The number of rotatable bonds is 4. The predicted octanol–water partition coefficient (Wildman–Crippen LogP) is 4.16. The van der Waals surface area contributed by atoms with Crippen LogP contribution in [0, 0.1) is 11.8 Å². The van der Waals surface area contributed by atoms with Gasteiger partial charge in [0.05, 0.1) is 12.7 Å². The molecule has 0 heterocycles. The van der Waals surface area contributed by atoms with E-state index in [1.165, 1.54) is 7.11 Å². The van der Waals surface area contributed by atoms with Crippen molar-refractivity contribution in [2.24, 2.45) is 0 Å². The summed E-state index contributed by atoms with van der Waals surface area (Å²) in [7, 11) is 1.27. The Balaban J connectivity index is 1.80. The summed E-state index contributed by atoms with van der Waals surface area (Å²) in [6.45, 7) is 0. The molecule has 0 N–H and O–H groups in total. The molecule has 0 unspecified atom stereocenters. The van der Waals surface area contributed by atoms with Gasteiger partial charge in [-0.1, -0.05) is 66.6 Å². The minimum absolute atomic E-state index is 0.403. The van der Waals surface area contributed by atoms with E-state index < -0.39 is 18.0 Å². The molecule has 4 heteroatoms. The summed E-state index contributed by atoms with van der Waals surface area (Å²) in [6.07, 6.45) is -0.506. The molecule has 0 spiro atoms. The molecule has 138 valence electrons. The quantitative estimate of drug-likeness (QED) is 0.511. The topological polar surface area (TPSA) is 52.6 Å². The van der Waals surface area contributed by atoms with Crippen LogP contribution in [-0.4, -0.2) is 19.0 Å². The van der Waals surface area contributed by atoms with Crippen molar-refractivity contribution in [1.82, 2.24) is 0 Å². The zero-order valence-corrected chi connectivity index (χ0v) is 15.3. The third kappa shape index (κ3) is 4.87. The van der Waals surface area contributed by atoms with Crippen molar-refractivity contribution < 1.29 is 19.1 Å². The van der Waals surface area contributed by atoms with Crippen LogP contribution in [0.1, 0.15) is 33.2 Å². The lowest BCUT2D eigenvalue weighted by molar-refractivity contribution is -0.133. The molecule has 0 bridgehead atoms. The van der Waals surface area contributed by atoms with Crippen molar-refractivity contribution >= 4 is 11.9 Å². The minimum Gasteiger partial charge on any atom is -0.459 e. The van der Waals surface area contributed by atoms with Gasteiger partial charge in [0.25, 0.3) is 0 Å². The van der Waals surface area contributed by atoms with Crippen LogP contribution in [0.4, 0.5) is 0 Å². The summed E-state index contributed by atoms with van der Waals surface area (Å²) in [5.74, 6) is 3.97. The molecule has 0 aliphatic heterocycles. The van der Waals surface area contributed by atoms with Crippen molar-refractivity contribution in [1.29, 1.82) is 0 Å². The van der Waals surface area contributed by atoms with Crippen molar-refractivity contribution in [2.75, 3.05) is 7.11 Å². The fourth-order valence-corrected chi connectivity index (χ4v) is 2.62. The Morgan fingerprint density at radius 1 is 0.786 bits per heavy atom. The molecule has 0 saturated heterocycles. The van der Waals surface area contributed by atoms with Gasteiger partial charge in [0.15, 0.2) is 6.10 Å². The average Bonchev–Trinajstić information content (AvgIpc) is 2.77. The van der Waals surface area contributed by atoms with Crippen molar-refractivity contribution in [3.05, 3.63) is 107 Å². The Bertz CT molecular complexity index is 958. The van der Waals surface area contributed by atoms with Gasteiger partial charge in [0, 0.05) is 11.5 Å². The van der Waals surface area contributed by atoms with E-state index in [0.717, 1.165) is 11.1 Å². The van der Waals surface area contributed by atoms with Gasteiger partial charge in [-0.25, -0.2) is 9.59 Å². The number of ether oxygens (including phenoxy) is 2. The molecule has 0 aliphatic rings.